The second-order valence-electron chi connectivity index (χ2n) is 7.03. The zero-order valence-corrected chi connectivity index (χ0v) is 14.2. The maximum atomic E-state index is 3.96. The van der Waals surface area contributed by atoms with Crippen molar-refractivity contribution in [1.82, 2.24) is 0 Å². The molecule has 0 bridgehead atoms. The number of alkyl halides is 1. The van der Waals surface area contributed by atoms with Crippen LogP contribution in [-0.4, -0.2) is 0 Å². The van der Waals surface area contributed by atoms with Crippen molar-refractivity contribution in [1.29, 1.82) is 0 Å². The molecule has 1 saturated carbocycles. The molecule has 1 aliphatic carbocycles. The van der Waals surface area contributed by atoms with Crippen LogP contribution in [0, 0.1) is 5.92 Å². The summed E-state index contributed by atoms with van der Waals surface area (Å²) in [5.41, 5.74) is 3.14. The highest BCUT2D eigenvalue weighted by molar-refractivity contribution is 9.09. The van der Waals surface area contributed by atoms with Crippen LogP contribution in [0.1, 0.15) is 75.3 Å². The van der Waals surface area contributed by atoms with E-state index in [4.69, 9.17) is 0 Å². The molecule has 1 aromatic rings. The average molecular weight is 323 g/mol. The summed E-state index contributed by atoms with van der Waals surface area (Å²) >= 11 is 3.96. The van der Waals surface area contributed by atoms with E-state index >= 15 is 0 Å². The molecule has 0 nitrogen and oxygen atoms in total. The fraction of sp³-hybridized carbons (Fsp3) is 0.667. The lowest BCUT2D eigenvalue weighted by Gasteiger charge is -2.23. The van der Waals surface area contributed by atoms with Crippen molar-refractivity contribution >= 4 is 15.9 Å². The van der Waals surface area contributed by atoms with Crippen LogP contribution in [-0.2, 0) is 5.41 Å². The van der Waals surface area contributed by atoms with Gasteiger partial charge in [0, 0.05) is 4.83 Å². The van der Waals surface area contributed by atoms with Gasteiger partial charge in [-0.3, -0.25) is 0 Å². The first-order valence-corrected chi connectivity index (χ1v) is 8.64. The van der Waals surface area contributed by atoms with E-state index in [1.54, 1.807) is 0 Å². The summed E-state index contributed by atoms with van der Waals surface area (Å²) in [5.74, 6) is 0.822. The Bertz CT molecular complexity index is 377. The van der Waals surface area contributed by atoms with Gasteiger partial charge in [0.25, 0.3) is 0 Å². The molecule has 2 rings (SSSR count). The van der Waals surface area contributed by atoms with Crippen LogP contribution in [0.15, 0.2) is 24.3 Å². The third kappa shape index (κ3) is 4.08. The number of halogens is 1. The van der Waals surface area contributed by atoms with Gasteiger partial charge in [-0.25, -0.2) is 0 Å². The normalized spacial score (nSPS) is 20.0. The van der Waals surface area contributed by atoms with Gasteiger partial charge in [-0.1, -0.05) is 86.6 Å². The predicted octanol–water partition coefficient (Wildman–Crippen LogP) is 6.39. The Morgan fingerprint density at radius 3 is 1.95 bits per heavy atom. The van der Waals surface area contributed by atoms with Gasteiger partial charge in [0.15, 0.2) is 0 Å². The van der Waals surface area contributed by atoms with Crippen molar-refractivity contribution in [3.63, 3.8) is 0 Å². The first-order chi connectivity index (χ1) is 8.98. The van der Waals surface area contributed by atoms with Crippen LogP contribution >= 0.6 is 15.9 Å². The Morgan fingerprint density at radius 2 is 1.47 bits per heavy atom. The van der Waals surface area contributed by atoms with Gasteiger partial charge < -0.3 is 0 Å². The van der Waals surface area contributed by atoms with E-state index in [0.29, 0.717) is 4.83 Å². The zero-order valence-electron chi connectivity index (χ0n) is 12.6. The van der Waals surface area contributed by atoms with Crippen molar-refractivity contribution in [2.75, 3.05) is 0 Å². The lowest BCUT2D eigenvalue weighted by atomic mass is 9.85. The number of hydrogen-bond acceptors (Lipinski definition) is 0. The zero-order chi connectivity index (χ0) is 13.9. The Morgan fingerprint density at radius 1 is 0.947 bits per heavy atom. The molecular weight excluding hydrogens is 296 g/mol. The Labute approximate surface area is 127 Å². The largest absolute Gasteiger partial charge is 0.0836 e. The van der Waals surface area contributed by atoms with Gasteiger partial charge in [-0.05, 0) is 35.3 Å². The Kier molecular flexibility index (Phi) is 5.11. The molecule has 0 aromatic heterocycles. The average Bonchev–Trinajstić information content (AvgIpc) is 2.66. The van der Waals surface area contributed by atoms with Crippen molar-refractivity contribution in [2.45, 2.75) is 69.5 Å². The minimum absolute atomic E-state index is 0.253. The number of rotatable bonds is 2. The predicted molar refractivity (Wildman–Crippen MR) is 88.0 cm³/mol. The summed E-state index contributed by atoms with van der Waals surface area (Å²) in [4.78, 5) is 0.541. The topological polar surface area (TPSA) is 0 Å². The van der Waals surface area contributed by atoms with Crippen LogP contribution < -0.4 is 0 Å². The van der Waals surface area contributed by atoms with Gasteiger partial charge in [-0.2, -0.15) is 0 Å². The van der Waals surface area contributed by atoms with Crippen LogP contribution in [0.25, 0.3) is 0 Å². The summed E-state index contributed by atoms with van der Waals surface area (Å²) in [6.45, 7) is 6.83. The van der Waals surface area contributed by atoms with Crippen molar-refractivity contribution in [3.05, 3.63) is 35.4 Å². The molecule has 0 saturated heterocycles. The molecule has 19 heavy (non-hydrogen) atoms. The molecule has 1 atom stereocenters. The summed E-state index contributed by atoms with van der Waals surface area (Å²) < 4.78 is 0. The second-order valence-corrected chi connectivity index (χ2v) is 8.01. The minimum atomic E-state index is 0.253. The second kappa shape index (κ2) is 6.43. The van der Waals surface area contributed by atoms with E-state index in [9.17, 15) is 0 Å². The number of hydrogen-bond donors (Lipinski definition) is 0. The molecule has 0 radical (unpaired) electrons. The molecule has 1 unspecified atom stereocenters. The van der Waals surface area contributed by atoms with Crippen molar-refractivity contribution in [2.24, 2.45) is 5.92 Å². The molecule has 1 fully saturated rings. The van der Waals surface area contributed by atoms with E-state index in [0.717, 1.165) is 5.92 Å². The molecule has 0 aliphatic heterocycles. The summed E-state index contributed by atoms with van der Waals surface area (Å²) in [6, 6.07) is 9.26. The van der Waals surface area contributed by atoms with Crippen LogP contribution in [0.2, 0.25) is 0 Å². The third-order valence-corrected chi connectivity index (χ3v) is 5.69. The Balaban J connectivity index is 2.08. The van der Waals surface area contributed by atoms with E-state index in [2.05, 4.69) is 61.0 Å². The lowest BCUT2D eigenvalue weighted by Crippen LogP contribution is -2.12. The van der Waals surface area contributed by atoms with Gasteiger partial charge in [0.2, 0.25) is 0 Å². The molecule has 1 aliphatic rings. The van der Waals surface area contributed by atoms with Crippen LogP contribution in [0.4, 0.5) is 0 Å². The smallest absolute Gasteiger partial charge is 0.0423 e. The van der Waals surface area contributed by atoms with E-state index in [1.807, 2.05) is 0 Å². The van der Waals surface area contributed by atoms with Gasteiger partial charge in [-0.15, -0.1) is 0 Å². The lowest BCUT2D eigenvalue weighted by molar-refractivity contribution is 0.454. The highest BCUT2D eigenvalue weighted by Crippen LogP contribution is 2.39. The van der Waals surface area contributed by atoms with Crippen molar-refractivity contribution in [3.8, 4) is 0 Å². The number of benzene rings is 1. The standard InChI is InChI=1S/C18H27Br/c1-18(2,3)16-12-10-15(11-13-16)17(19)14-8-6-4-5-7-9-14/h10-14,17H,4-9H2,1-3H3. The van der Waals surface area contributed by atoms with E-state index in [-0.39, 0.29) is 5.41 Å². The highest BCUT2D eigenvalue weighted by Gasteiger charge is 2.22. The SMILES string of the molecule is CC(C)(C)c1ccc(C(Br)C2CCCCCC2)cc1. The van der Waals surface area contributed by atoms with Crippen molar-refractivity contribution < 1.29 is 0 Å². The third-order valence-electron chi connectivity index (χ3n) is 4.41. The maximum Gasteiger partial charge on any atom is 0.0423 e. The fourth-order valence-corrected chi connectivity index (χ4v) is 3.88. The van der Waals surface area contributed by atoms with Gasteiger partial charge >= 0.3 is 0 Å². The molecule has 0 amide bonds. The van der Waals surface area contributed by atoms with Crippen LogP contribution in [0.3, 0.4) is 0 Å². The molecule has 0 spiro atoms. The minimum Gasteiger partial charge on any atom is -0.0836 e. The highest BCUT2D eigenvalue weighted by atomic mass is 79.9. The molecule has 1 heteroatoms. The first-order valence-electron chi connectivity index (χ1n) is 7.73. The Hall–Kier alpha value is -0.300. The first kappa shape index (κ1) is 15.1. The van der Waals surface area contributed by atoms with E-state index < -0.39 is 0 Å². The van der Waals surface area contributed by atoms with E-state index in [1.165, 1.54) is 49.7 Å². The maximum absolute atomic E-state index is 3.96. The summed E-state index contributed by atoms with van der Waals surface area (Å²) in [5, 5.41) is 0. The van der Waals surface area contributed by atoms with Gasteiger partial charge in [0.1, 0.15) is 0 Å². The monoisotopic (exact) mass is 322 g/mol. The molecule has 1 aromatic carbocycles. The quantitative estimate of drug-likeness (QED) is 0.437. The molecule has 0 heterocycles. The summed E-state index contributed by atoms with van der Waals surface area (Å²) in [6.07, 6.45) is 8.45. The fourth-order valence-electron chi connectivity index (χ4n) is 3.04. The van der Waals surface area contributed by atoms with Gasteiger partial charge in [0.05, 0.1) is 0 Å². The molecule has 0 N–H and O–H groups in total. The summed E-state index contributed by atoms with van der Waals surface area (Å²) in [7, 11) is 0. The van der Waals surface area contributed by atoms with Crippen LogP contribution in [0.5, 0.6) is 0 Å². The molecule has 106 valence electrons. The molecular formula is C18H27Br.